The molecule has 1 amide bonds. The van der Waals surface area contributed by atoms with Gasteiger partial charge in [-0.1, -0.05) is 24.3 Å². The van der Waals surface area contributed by atoms with Gasteiger partial charge in [0.25, 0.3) is 0 Å². The van der Waals surface area contributed by atoms with Crippen LogP contribution in [0.3, 0.4) is 0 Å². The summed E-state index contributed by atoms with van der Waals surface area (Å²) >= 11 is 0. The maximum atomic E-state index is 13.0. The van der Waals surface area contributed by atoms with Crippen LogP contribution < -0.4 is 5.73 Å². The van der Waals surface area contributed by atoms with E-state index in [-0.39, 0.29) is 17.9 Å². The van der Waals surface area contributed by atoms with Gasteiger partial charge in [-0.25, -0.2) is 4.79 Å². The van der Waals surface area contributed by atoms with Crippen molar-refractivity contribution in [1.29, 1.82) is 0 Å². The summed E-state index contributed by atoms with van der Waals surface area (Å²) in [6, 6.07) is 10.1. The molecule has 0 spiro atoms. The van der Waals surface area contributed by atoms with Gasteiger partial charge < -0.3 is 15.7 Å². The summed E-state index contributed by atoms with van der Waals surface area (Å²) in [6.07, 6.45) is 0.235. The van der Waals surface area contributed by atoms with Gasteiger partial charge >= 0.3 is 12.1 Å². The molecule has 29 heavy (non-hydrogen) atoms. The summed E-state index contributed by atoms with van der Waals surface area (Å²) in [5, 5.41) is 7.12. The van der Waals surface area contributed by atoms with E-state index in [2.05, 4.69) is 4.98 Å². The number of nitrogens with two attached hydrogens (primary N) is 1. The Morgan fingerprint density at radius 2 is 1.79 bits per heavy atom. The number of aliphatic carboxylic acids is 1. The first-order valence-electron chi connectivity index (χ1n) is 9.03. The summed E-state index contributed by atoms with van der Waals surface area (Å²) in [6.45, 7) is 1.45. The number of rotatable bonds is 1. The fraction of sp³-hybridized carbons (Fsp3) is 0.350. The lowest BCUT2D eigenvalue weighted by molar-refractivity contribution is -0.192. The van der Waals surface area contributed by atoms with Crippen LogP contribution in [-0.2, 0) is 22.6 Å². The van der Waals surface area contributed by atoms with E-state index in [1.807, 2.05) is 41.4 Å². The van der Waals surface area contributed by atoms with Crippen LogP contribution in [0.25, 0.3) is 0 Å². The highest BCUT2D eigenvalue weighted by molar-refractivity contribution is 5.85. The number of pyridine rings is 1. The SMILES string of the molecule is NC1CC(C(=O)N2CCc3cnccc3C2)c2ccccc21.O=C(O)C(F)(F)F. The predicted molar refractivity (Wildman–Crippen MR) is 97.8 cm³/mol. The van der Waals surface area contributed by atoms with Gasteiger partial charge in [0.15, 0.2) is 0 Å². The maximum absolute atomic E-state index is 13.0. The molecule has 154 valence electrons. The van der Waals surface area contributed by atoms with Gasteiger partial charge in [0.1, 0.15) is 0 Å². The molecule has 6 nitrogen and oxygen atoms in total. The largest absolute Gasteiger partial charge is 0.490 e. The average molecular weight is 407 g/mol. The predicted octanol–water partition coefficient (Wildman–Crippen LogP) is 2.79. The molecule has 1 aromatic carbocycles. The number of carboxylic acids is 1. The second-order valence-electron chi connectivity index (χ2n) is 6.98. The molecule has 9 heteroatoms. The number of fused-ring (bicyclic) bond motifs is 2. The Balaban J connectivity index is 0.000000298. The Bertz CT molecular complexity index is 917. The van der Waals surface area contributed by atoms with Crippen molar-refractivity contribution in [3.05, 3.63) is 65.0 Å². The standard InChI is InChI=1S/C18H19N3O.C2HF3O2/c19-17-9-16(14-3-1-2-4-15(14)17)18(22)21-8-6-12-10-20-7-5-13(12)11-21;3-2(4,5)1(6)7/h1-5,7,10,16-17H,6,8-9,11,19H2;(H,6,7). The number of amides is 1. The topological polar surface area (TPSA) is 96.5 Å². The smallest absolute Gasteiger partial charge is 0.475 e. The minimum Gasteiger partial charge on any atom is -0.475 e. The quantitative estimate of drug-likeness (QED) is 0.758. The van der Waals surface area contributed by atoms with Crippen LogP contribution >= 0.6 is 0 Å². The molecule has 2 aliphatic rings. The zero-order valence-corrected chi connectivity index (χ0v) is 15.4. The van der Waals surface area contributed by atoms with Crippen molar-refractivity contribution in [1.82, 2.24) is 9.88 Å². The molecule has 2 atom stereocenters. The summed E-state index contributed by atoms with van der Waals surface area (Å²) in [7, 11) is 0. The third-order valence-corrected chi connectivity index (χ3v) is 5.13. The van der Waals surface area contributed by atoms with Gasteiger partial charge in [0.2, 0.25) is 5.91 Å². The first-order chi connectivity index (χ1) is 13.7. The number of nitrogens with zero attached hydrogens (tertiary/aromatic N) is 2. The number of benzene rings is 1. The van der Waals surface area contributed by atoms with Crippen molar-refractivity contribution in [3.63, 3.8) is 0 Å². The van der Waals surface area contributed by atoms with Gasteiger partial charge in [0.05, 0.1) is 5.92 Å². The minimum atomic E-state index is -5.08. The van der Waals surface area contributed by atoms with Gasteiger partial charge in [-0.2, -0.15) is 13.2 Å². The molecule has 0 saturated carbocycles. The van der Waals surface area contributed by atoms with Crippen LogP contribution in [0.2, 0.25) is 0 Å². The maximum Gasteiger partial charge on any atom is 0.490 e. The van der Waals surface area contributed by atoms with Crippen LogP contribution in [0.4, 0.5) is 13.2 Å². The number of alkyl halides is 3. The first-order valence-corrected chi connectivity index (χ1v) is 9.03. The lowest BCUT2D eigenvalue weighted by Crippen LogP contribution is -2.38. The third-order valence-electron chi connectivity index (χ3n) is 5.13. The van der Waals surface area contributed by atoms with Crippen LogP contribution in [0.5, 0.6) is 0 Å². The zero-order valence-electron chi connectivity index (χ0n) is 15.4. The van der Waals surface area contributed by atoms with E-state index >= 15 is 0 Å². The van der Waals surface area contributed by atoms with Crippen LogP contribution in [0, 0.1) is 0 Å². The highest BCUT2D eigenvalue weighted by Gasteiger charge is 2.38. The van der Waals surface area contributed by atoms with Crippen LogP contribution in [-0.4, -0.2) is 39.6 Å². The molecule has 4 rings (SSSR count). The Morgan fingerprint density at radius 1 is 1.14 bits per heavy atom. The number of halogens is 3. The molecule has 3 N–H and O–H groups in total. The number of carbonyl (C=O) groups excluding carboxylic acids is 1. The molecule has 1 aromatic heterocycles. The van der Waals surface area contributed by atoms with Crippen molar-refractivity contribution in [3.8, 4) is 0 Å². The van der Waals surface area contributed by atoms with Crippen molar-refractivity contribution in [2.45, 2.75) is 37.5 Å². The van der Waals surface area contributed by atoms with Crippen molar-refractivity contribution < 1.29 is 27.9 Å². The average Bonchev–Trinajstić information content (AvgIpc) is 3.04. The van der Waals surface area contributed by atoms with Crippen LogP contribution in [0.1, 0.15) is 40.6 Å². The molecule has 1 aliphatic carbocycles. The highest BCUT2D eigenvalue weighted by atomic mass is 19.4. The molecular weight excluding hydrogens is 387 g/mol. The van der Waals surface area contributed by atoms with Crippen molar-refractivity contribution in [2.75, 3.05) is 6.54 Å². The Hall–Kier alpha value is -2.94. The van der Waals surface area contributed by atoms with E-state index in [9.17, 15) is 18.0 Å². The molecule has 0 fully saturated rings. The summed E-state index contributed by atoms with van der Waals surface area (Å²) < 4.78 is 31.7. The first kappa shape index (κ1) is 20.8. The molecule has 2 heterocycles. The number of aromatic nitrogens is 1. The van der Waals surface area contributed by atoms with E-state index in [1.54, 1.807) is 6.20 Å². The van der Waals surface area contributed by atoms with Gasteiger partial charge in [-0.05, 0) is 41.2 Å². The highest BCUT2D eigenvalue weighted by Crippen LogP contribution is 2.40. The van der Waals surface area contributed by atoms with Crippen molar-refractivity contribution in [2.24, 2.45) is 5.73 Å². The fourth-order valence-electron chi connectivity index (χ4n) is 3.69. The Labute approximate surface area is 165 Å². The lowest BCUT2D eigenvalue weighted by Gasteiger charge is -2.31. The number of carboxylic acid groups (broad SMARTS) is 1. The van der Waals surface area contributed by atoms with Gasteiger partial charge in [0, 0.05) is 31.5 Å². The Kier molecular flexibility index (Phi) is 5.88. The van der Waals surface area contributed by atoms with Gasteiger partial charge in [-0.15, -0.1) is 0 Å². The zero-order chi connectivity index (χ0) is 21.2. The molecule has 0 radical (unpaired) electrons. The van der Waals surface area contributed by atoms with Crippen molar-refractivity contribution >= 4 is 11.9 Å². The minimum absolute atomic E-state index is 0.0218. The van der Waals surface area contributed by atoms with E-state index in [0.29, 0.717) is 6.54 Å². The second kappa shape index (κ2) is 8.20. The summed E-state index contributed by atoms with van der Waals surface area (Å²) in [4.78, 5) is 28.0. The normalized spacial score (nSPS) is 20.2. The third kappa shape index (κ3) is 4.56. The van der Waals surface area contributed by atoms with Crippen LogP contribution in [0.15, 0.2) is 42.7 Å². The molecule has 1 aliphatic heterocycles. The fourth-order valence-corrected chi connectivity index (χ4v) is 3.69. The van der Waals surface area contributed by atoms with E-state index < -0.39 is 12.1 Å². The second-order valence-corrected chi connectivity index (χ2v) is 6.98. The summed E-state index contributed by atoms with van der Waals surface area (Å²) in [5.74, 6) is -2.63. The number of hydrogen-bond donors (Lipinski definition) is 2. The number of hydrogen-bond acceptors (Lipinski definition) is 4. The molecule has 0 bridgehead atoms. The molecular formula is C20H20F3N3O3. The van der Waals surface area contributed by atoms with Gasteiger partial charge in [-0.3, -0.25) is 9.78 Å². The van der Waals surface area contributed by atoms with E-state index in [0.717, 1.165) is 30.5 Å². The van der Waals surface area contributed by atoms with E-state index in [4.69, 9.17) is 15.6 Å². The summed E-state index contributed by atoms with van der Waals surface area (Å²) in [5.41, 5.74) is 10.9. The molecule has 2 unspecified atom stereocenters. The molecule has 2 aromatic rings. The van der Waals surface area contributed by atoms with E-state index in [1.165, 1.54) is 11.1 Å². The monoisotopic (exact) mass is 407 g/mol. The molecule has 0 saturated heterocycles. The lowest BCUT2D eigenvalue weighted by atomic mass is 9.96. The number of carbonyl (C=O) groups is 2. The Morgan fingerprint density at radius 3 is 2.45 bits per heavy atom.